The number of amides is 1. The van der Waals surface area contributed by atoms with Crippen LogP contribution in [0.5, 0.6) is 0 Å². The number of furan rings is 1. The summed E-state index contributed by atoms with van der Waals surface area (Å²) in [5.41, 5.74) is 1.30. The van der Waals surface area contributed by atoms with E-state index in [4.69, 9.17) is 4.42 Å². The second kappa shape index (κ2) is 7.63. The molecule has 1 atom stereocenters. The van der Waals surface area contributed by atoms with Crippen molar-refractivity contribution in [3.8, 4) is 0 Å². The molecule has 0 aliphatic rings. The van der Waals surface area contributed by atoms with E-state index in [1.165, 1.54) is 4.68 Å². The lowest BCUT2D eigenvalue weighted by Gasteiger charge is -2.14. The zero-order valence-corrected chi connectivity index (χ0v) is 16.7. The second-order valence-electron chi connectivity index (χ2n) is 6.85. The second-order valence-corrected chi connectivity index (χ2v) is 7.80. The molecule has 1 amide bonds. The first-order valence-electron chi connectivity index (χ1n) is 9.37. The number of rotatable bonds is 7. The molecule has 0 aromatic carbocycles. The Morgan fingerprint density at radius 3 is 2.96 bits per heavy atom. The molecule has 4 heterocycles. The molecule has 0 fully saturated rings. The molecule has 1 N–H and O–H groups in total. The summed E-state index contributed by atoms with van der Waals surface area (Å²) in [7, 11) is 0. The maximum atomic E-state index is 12.9. The Morgan fingerprint density at radius 2 is 2.21 bits per heavy atom. The van der Waals surface area contributed by atoms with Crippen molar-refractivity contribution in [3.63, 3.8) is 0 Å². The molecular weight excluding hydrogens is 376 g/mol. The molecule has 0 aliphatic carbocycles. The van der Waals surface area contributed by atoms with Crippen LogP contribution in [-0.4, -0.2) is 26.1 Å². The monoisotopic (exact) mass is 398 g/mol. The van der Waals surface area contributed by atoms with Gasteiger partial charge in [0.25, 0.3) is 5.56 Å². The van der Waals surface area contributed by atoms with Gasteiger partial charge < -0.3 is 9.73 Å². The third-order valence-electron chi connectivity index (χ3n) is 4.79. The molecule has 4 aromatic heterocycles. The number of aryl methyl sites for hydroxylation is 2. The van der Waals surface area contributed by atoms with Crippen molar-refractivity contribution >= 4 is 33.0 Å². The van der Waals surface area contributed by atoms with Crippen LogP contribution < -0.4 is 10.9 Å². The fourth-order valence-electron chi connectivity index (χ4n) is 3.40. The minimum absolute atomic E-state index is 0.0266. The zero-order chi connectivity index (χ0) is 19.7. The normalized spacial score (nSPS) is 12.6. The third-order valence-corrected chi connectivity index (χ3v) is 5.64. The van der Waals surface area contributed by atoms with Gasteiger partial charge in [-0.25, -0.2) is 4.68 Å². The van der Waals surface area contributed by atoms with Crippen LogP contribution in [0, 0.1) is 0 Å². The Labute approximate surface area is 165 Å². The molecule has 4 rings (SSSR count). The van der Waals surface area contributed by atoms with Crippen LogP contribution in [0.4, 0.5) is 0 Å². The van der Waals surface area contributed by atoms with E-state index >= 15 is 0 Å². The quantitative estimate of drug-likeness (QED) is 0.519. The molecule has 0 aliphatic heterocycles. The average molecular weight is 398 g/mol. The van der Waals surface area contributed by atoms with Crippen LogP contribution in [0.1, 0.15) is 31.9 Å². The van der Waals surface area contributed by atoms with E-state index in [0.717, 1.165) is 34.6 Å². The number of carbonyl (C=O) groups excluding carboxylic acids is 1. The van der Waals surface area contributed by atoms with Gasteiger partial charge in [-0.05, 0) is 43.0 Å². The average Bonchev–Trinajstić information content (AvgIpc) is 3.39. The molecule has 0 bridgehead atoms. The summed E-state index contributed by atoms with van der Waals surface area (Å²) in [6.45, 7) is 3.84. The lowest BCUT2D eigenvalue weighted by atomic mass is 10.1. The number of carbonyl (C=O) groups is 1. The van der Waals surface area contributed by atoms with Crippen LogP contribution in [0.15, 0.2) is 45.1 Å². The lowest BCUT2D eigenvalue weighted by Crippen LogP contribution is -2.39. The van der Waals surface area contributed by atoms with Crippen molar-refractivity contribution < 1.29 is 9.21 Å². The van der Waals surface area contributed by atoms with E-state index in [1.54, 1.807) is 17.6 Å². The number of aromatic nitrogens is 3. The molecule has 8 heteroatoms. The maximum Gasteiger partial charge on any atom is 0.291 e. The number of hydrogen-bond donors (Lipinski definition) is 1. The van der Waals surface area contributed by atoms with Gasteiger partial charge in [0.15, 0.2) is 0 Å². The largest absolute Gasteiger partial charge is 0.469 e. The van der Waals surface area contributed by atoms with Gasteiger partial charge in [-0.1, -0.05) is 6.92 Å². The summed E-state index contributed by atoms with van der Waals surface area (Å²) in [6.07, 6.45) is 3.82. The first-order valence-corrected chi connectivity index (χ1v) is 10.2. The number of nitrogens with zero attached hydrogens (tertiary/aromatic N) is 3. The molecular formula is C20H22N4O3S. The highest BCUT2D eigenvalue weighted by Crippen LogP contribution is 2.24. The Bertz CT molecular complexity index is 1170. The number of fused-ring (bicyclic) bond motifs is 3. The first kappa shape index (κ1) is 18.5. The van der Waals surface area contributed by atoms with E-state index in [9.17, 15) is 9.59 Å². The summed E-state index contributed by atoms with van der Waals surface area (Å²) in [5, 5.41) is 9.39. The Balaban J connectivity index is 1.51. The minimum atomic E-state index is -0.251. The number of nitrogens with one attached hydrogen (secondary N) is 1. The molecule has 0 radical (unpaired) electrons. The van der Waals surface area contributed by atoms with Crippen LogP contribution in [0.2, 0.25) is 0 Å². The Morgan fingerprint density at radius 1 is 1.36 bits per heavy atom. The fraction of sp³-hybridized carbons (Fsp3) is 0.350. The molecule has 146 valence electrons. The van der Waals surface area contributed by atoms with E-state index in [-0.39, 0.29) is 24.1 Å². The SMILES string of the molecule is CCc1nn(CC(=O)N[C@@H](C)CCc2ccco2)c(=O)c2cc3sccc3n12. The zero-order valence-electron chi connectivity index (χ0n) is 15.8. The molecule has 7 nitrogen and oxygen atoms in total. The molecule has 0 spiro atoms. The van der Waals surface area contributed by atoms with Crippen LogP contribution in [0.25, 0.3) is 15.7 Å². The van der Waals surface area contributed by atoms with Crippen LogP contribution in [-0.2, 0) is 24.2 Å². The highest BCUT2D eigenvalue weighted by Gasteiger charge is 2.16. The predicted octanol–water partition coefficient (Wildman–Crippen LogP) is 3.00. The van der Waals surface area contributed by atoms with Gasteiger partial charge in [-0.2, -0.15) is 5.10 Å². The predicted molar refractivity (Wildman–Crippen MR) is 109 cm³/mol. The summed E-state index contributed by atoms with van der Waals surface area (Å²) < 4.78 is 9.53. The van der Waals surface area contributed by atoms with Gasteiger partial charge in [0.05, 0.1) is 16.5 Å². The van der Waals surface area contributed by atoms with E-state index in [0.29, 0.717) is 11.9 Å². The number of hydrogen-bond acceptors (Lipinski definition) is 5. The van der Waals surface area contributed by atoms with Crippen molar-refractivity contribution in [3.05, 3.63) is 57.8 Å². The van der Waals surface area contributed by atoms with E-state index in [2.05, 4.69) is 10.4 Å². The molecule has 0 saturated heterocycles. The van der Waals surface area contributed by atoms with E-state index < -0.39 is 0 Å². The highest BCUT2D eigenvalue weighted by atomic mass is 32.1. The van der Waals surface area contributed by atoms with Crippen molar-refractivity contribution in [1.82, 2.24) is 19.5 Å². The van der Waals surface area contributed by atoms with Crippen LogP contribution >= 0.6 is 11.3 Å². The lowest BCUT2D eigenvalue weighted by molar-refractivity contribution is -0.122. The van der Waals surface area contributed by atoms with Gasteiger partial charge in [-0.3, -0.25) is 14.0 Å². The molecule has 0 saturated carbocycles. The topological polar surface area (TPSA) is 81.5 Å². The smallest absolute Gasteiger partial charge is 0.291 e. The van der Waals surface area contributed by atoms with Crippen molar-refractivity contribution in [2.75, 3.05) is 0 Å². The standard InChI is InChI=1S/C20H22N4O3S/c1-3-18-22-23(20(26)16-11-17-15(24(16)18)8-10-28-17)12-19(25)21-13(2)6-7-14-5-4-9-27-14/h4-5,8-11,13H,3,6-7,12H2,1-2H3,(H,21,25)/t13-/m0/s1. The van der Waals surface area contributed by atoms with Crippen molar-refractivity contribution in [1.29, 1.82) is 0 Å². The first-order chi connectivity index (χ1) is 13.6. The fourth-order valence-corrected chi connectivity index (χ4v) is 4.20. The van der Waals surface area contributed by atoms with Gasteiger partial charge >= 0.3 is 0 Å². The highest BCUT2D eigenvalue weighted by molar-refractivity contribution is 7.17. The van der Waals surface area contributed by atoms with Crippen molar-refractivity contribution in [2.45, 2.75) is 45.7 Å². The summed E-state index contributed by atoms with van der Waals surface area (Å²) in [5.74, 6) is 1.44. The summed E-state index contributed by atoms with van der Waals surface area (Å²) in [4.78, 5) is 25.3. The summed E-state index contributed by atoms with van der Waals surface area (Å²) in [6, 6.07) is 7.61. The molecule has 4 aromatic rings. The maximum absolute atomic E-state index is 12.9. The minimum Gasteiger partial charge on any atom is -0.469 e. The van der Waals surface area contributed by atoms with Crippen LogP contribution in [0.3, 0.4) is 0 Å². The van der Waals surface area contributed by atoms with Gasteiger partial charge in [0, 0.05) is 18.9 Å². The van der Waals surface area contributed by atoms with Gasteiger partial charge in [0.2, 0.25) is 5.91 Å². The van der Waals surface area contributed by atoms with Gasteiger partial charge in [0.1, 0.15) is 23.6 Å². The molecule has 0 unspecified atom stereocenters. The third kappa shape index (κ3) is 3.47. The summed E-state index contributed by atoms with van der Waals surface area (Å²) >= 11 is 1.59. The van der Waals surface area contributed by atoms with E-state index in [1.807, 2.05) is 47.9 Å². The Hall–Kier alpha value is -2.87. The number of thiophene rings is 1. The van der Waals surface area contributed by atoms with Crippen molar-refractivity contribution in [2.24, 2.45) is 0 Å². The van der Waals surface area contributed by atoms with Gasteiger partial charge in [-0.15, -0.1) is 11.3 Å². The molecule has 28 heavy (non-hydrogen) atoms. The Kier molecular flexibility index (Phi) is 5.04.